The molecule has 0 radical (unpaired) electrons. The third-order valence-electron chi connectivity index (χ3n) is 2.11. The maximum absolute atomic E-state index is 5.41. The summed E-state index contributed by atoms with van der Waals surface area (Å²) in [7, 11) is 1.90. The van der Waals surface area contributed by atoms with Crippen LogP contribution in [0.3, 0.4) is 0 Å². The molecule has 0 aliphatic carbocycles. The van der Waals surface area contributed by atoms with Crippen LogP contribution in [-0.4, -0.2) is 24.6 Å². The first-order valence-corrected chi connectivity index (χ1v) is 5.04. The van der Waals surface area contributed by atoms with Gasteiger partial charge in [-0.3, -0.25) is 0 Å². The summed E-state index contributed by atoms with van der Waals surface area (Å²) in [6.07, 6.45) is 1.71. The number of nitrogens with zero attached hydrogens (tertiary/aromatic N) is 2. The van der Waals surface area contributed by atoms with Gasteiger partial charge in [0, 0.05) is 19.1 Å². The van der Waals surface area contributed by atoms with Crippen LogP contribution in [0.2, 0.25) is 0 Å². The Morgan fingerprint density at radius 2 is 2.29 bits per heavy atom. The minimum Gasteiger partial charge on any atom is -0.432 e. The van der Waals surface area contributed by atoms with Crippen molar-refractivity contribution in [2.24, 2.45) is 0 Å². The van der Waals surface area contributed by atoms with E-state index in [1.165, 1.54) is 0 Å². The lowest BCUT2D eigenvalue weighted by molar-refractivity contribution is 0.516. The van der Waals surface area contributed by atoms with Gasteiger partial charge in [-0.05, 0) is 27.8 Å². The minimum atomic E-state index is 0.418. The molecule has 0 aliphatic heterocycles. The van der Waals surface area contributed by atoms with E-state index in [0.717, 1.165) is 18.8 Å². The van der Waals surface area contributed by atoms with Gasteiger partial charge < -0.3 is 14.6 Å². The SMILES string of the molecule is CCN(c1nc(CNC)co1)C(C)C. The molecular weight excluding hydrogens is 178 g/mol. The van der Waals surface area contributed by atoms with Crippen molar-refractivity contribution < 1.29 is 4.42 Å². The number of anilines is 1. The van der Waals surface area contributed by atoms with E-state index < -0.39 is 0 Å². The van der Waals surface area contributed by atoms with Crippen LogP contribution in [0.25, 0.3) is 0 Å². The zero-order valence-corrected chi connectivity index (χ0v) is 9.37. The predicted molar refractivity (Wildman–Crippen MR) is 57.4 cm³/mol. The minimum absolute atomic E-state index is 0.418. The first-order chi connectivity index (χ1) is 6.69. The molecule has 80 valence electrons. The topological polar surface area (TPSA) is 41.3 Å². The molecule has 0 saturated heterocycles. The lowest BCUT2D eigenvalue weighted by atomic mass is 10.3. The zero-order chi connectivity index (χ0) is 10.6. The molecule has 0 spiro atoms. The van der Waals surface area contributed by atoms with Crippen molar-refractivity contribution >= 4 is 6.01 Å². The van der Waals surface area contributed by atoms with Crippen LogP contribution in [-0.2, 0) is 6.54 Å². The summed E-state index contributed by atoms with van der Waals surface area (Å²) in [4.78, 5) is 6.51. The molecule has 0 fully saturated rings. The second-order valence-corrected chi connectivity index (χ2v) is 3.53. The summed E-state index contributed by atoms with van der Waals surface area (Å²) in [5.41, 5.74) is 0.946. The van der Waals surface area contributed by atoms with Crippen molar-refractivity contribution in [3.05, 3.63) is 12.0 Å². The van der Waals surface area contributed by atoms with Gasteiger partial charge in [-0.15, -0.1) is 0 Å². The molecule has 1 rings (SSSR count). The van der Waals surface area contributed by atoms with Gasteiger partial charge in [-0.1, -0.05) is 0 Å². The molecule has 0 amide bonds. The van der Waals surface area contributed by atoms with Crippen molar-refractivity contribution in [2.45, 2.75) is 33.4 Å². The Morgan fingerprint density at radius 3 is 2.79 bits per heavy atom. The lowest BCUT2D eigenvalue weighted by Gasteiger charge is -2.22. The number of nitrogens with one attached hydrogen (secondary N) is 1. The molecule has 4 nitrogen and oxygen atoms in total. The normalized spacial score (nSPS) is 10.9. The van der Waals surface area contributed by atoms with Crippen molar-refractivity contribution in [3.8, 4) is 0 Å². The van der Waals surface area contributed by atoms with E-state index >= 15 is 0 Å². The second-order valence-electron chi connectivity index (χ2n) is 3.53. The Balaban J connectivity index is 2.73. The van der Waals surface area contributed by atoms with Gasteiger partial charge in [-0.25, -0.2) is 0 Å². The molecule has 0 aliphatic rings. The number of aromatic nitrogens is 1. The van der Waals surface area contributed by atoms with Gasteiger partial charge >= 0.3 is 0 Å². The molecule has 1 aromatic heterocycles. The molecular formula is C10H19N3O. The van der Waals surface area contributed by atoms with Gasteiger partial charge in [0.25, 0.3) is 6.01 Å². The monoisotopic (exact) mass is 197 g/mol. The van der Waals surface area contributed by atoms with Crippen molar-refractivity contribution in [1.82, 2.24) is 10.3 Å². The maximum atomic E-state index is 5.41. The van der Waals surface area contributed by atoms with Crippen LogP contribution >= 0.6 is 0 Å². The molecule has 1 heterocycles. The molecule has 0 atom stereocenters. The third kappa shape index (κ3) is 2.48. The Kier molecular flexibility index (Phi) is 3.95. The van der Waals surface area contributed by atoms with Crippen molar-refractivity contribution in [2.75, 3.05) is 18.5 Å². The summed E-state index contributed by atoms with van der Waals surface area (Å²) in [6, 6.07) is 1.13. The largest absolute Gasteiger partial charge is 0.432 e. The Bertz CT molecular complexity index is 270. The summed E-state index contributed by atoms with van der Waals surface area (Å²) in [5.74, 6) is 0. The fourth-order valence-corrected chi connectivity index (χ4v) is 1.41. The molecule has 1 N–H and O–H groups in total. The Labute approximate surface area is 85.3 Å². The number of rotatable bonds is 5. The van der Waals surface area contributed by atoms with Gasteiger partial charge in [0.05, 0.1) is 5.69 Å². The van der Waals surface area contributed by atoms with Gasteiger partial charge in [0.15, 0.2) is 0 Å². The standard InChI is InChI=1S/C10H19N3O/c1-5-13(8(2)3)10-12-9(6-11-4)7-14-10/h7-8,11H,5-6H2,1-4H3. The molecule has 1 aromatic rings. The predicted octanol–water partition coefficient (Wildman–Crippen LogP) is 1.63. The second kappa shape index (κ2) is 5.00. The Hall–Kier alpha value is -1.03. The molecule has 14 heavy (non-hydrogen) atoms. The van der Waals surface area contributed by atoms with E-state index in [2.05, 4.69) is 36.0 Å². The number of hydrogen-bond donors (Lipinski definition) is 1. The molecule has 0 bridgehead atoms. The fourth-order valence-electron chi connectivity index (χ4n) is 1.41. The van der Waals surface area contributed by atoms with E-state index in [1.54, 1.807) is 6.26 Å². The van der Waals surface area contributed by atoms with Crippen LogP contribution in [0.1, 0.15) is 26.5 Å². The van der Waals surface area contributed by atoms with E-state index in [0.29, 0.717) is 12.1 Å². The van der Waals surface area contributed by atoms with E-state index in [4.69, 9.17) is 4.42 Å². The third-order valence-corrected chi connectivity index (χ3v) is 2.11. The molecule has 4 heteroatoms. The summed E-state index contributed by atoms with van der Waals surface area (Å²) in [5, 5.41) is 3.04. The fraction of sp³-hybridized carbons (Fsp3) is 0.700. The van der Waals surface area contributed by atoms with E-state index in [1.807, 2.05) is 7.05 Å². The van der Waals surface area contributed by atoms with Crippen LogP contribution < -0.4 is 10.2 Å². The lowest BCUT2D eigenvalue weighted by Crippen LogP contribution is -2.30. The zero-order valence-electron chi connectivity index (χ0n) is 9.37. The number of hydrogen-bond acceptors (Lipinski definition) is 4. The summed E-state index contributed by atoms with van der Waals surface area (Å²) < 4.78 is 5.41. The van der Waals surface area contributed by atoms with Crippen LogP contribution in [0.4, 0.5) is 6.01 Å². The van der Waals surface area contributed by atoms with Crippen molar-refractivity contribution in [1.29, 1.82) is 0 Å². The summed E-state index contributed by atoms with van der Waals surface area (Å²) in [6.45, 7) is 8.02. The van der Waals surface area contributed by atoms with Crippen LogP contribution in [0.5, 0.6) is 0 Å². The van der Waals surface area contributed by atoms with E-state index in [9.17, 15) is 0 Å². The average Bonchev–Trinajstić information content (AvgIpc) is 2.54. The van der Waals surface area contributed by atoms with Crippen LogP contribution in [0.15, 0.2) is 10.7 Å². The Morgan fingerprint density at radius 1 is 1.57 bits per heavy atom. The molecule has 0 unspecified atom stereocenters. The van der Waals surface area contributed by atoms with Crippen molar-refractivity contribution in [3.63, 3.8) is 0 Å². The highest BCUT2D eigenvalue weighted by atomic mass is 16.4. The van der Waals surface area contributed by atoms with Gasteiger partial charge in [-0.2, -0.15) is 4.98 Å². The first kappa shape index (κ1) is 11.0. The molecule has 0 saturated carbocycles. The number of oxazole rings is 1. The first-order valence-electron chi connectivity index (χ1n) is 5.04. The average molecular weight is 197 g/mol. The van der Waals surface area contributed by atoms with E-state index in [-0.39, 0.29) is 0 Å². The highest BCUT2D eigenvalue weighted by Gasteiger charge is 2.13. The smallest absolute Gasteiger partial charge is 0.297 e. The van der Waals surface area contributed by atoms with Gasteiger partial charge in [0.1, 0.15) is 6.26 Å². The highest BCUT2D eigenvalue weighted by molar-refractivity contribution is 5.27. The maximum Gasteiger partial charge on any atom is 0.297 e. The quantitative estimate of drug-likeness (QED) is 0.779. The van der Waals surface area contributed by atoms with Gasteiger partial charge in [0.2, 0.25) is 0 Å². The highest BCUT2D eigenvalue weighted by Crippen LogP contribution is 2.15. The van der Waals surface area contributed by atoms with Crippen LogP contribution in [0, 0.1) is 0 Å². The molecule has 0 aromatic carbocycles. The summed E-state index contributed by atoms with van der Waals surface area (Å²) >= 11 is 0.